The first-order valence-corrected chi connectivity index (χ1v) is 11.2. The molecule has 9 heteroatoms. The summed E-state index contributed by atoms with van der Waals surface area (Å²) in [6, 6.07) is 17.0. The van der Waals surface area contributed by atoms with Gasteiger partial charge in [0.1, 0.15) is 0 Å². The van der Waals surface area contributed by atoms with Crippen LogP contribution in [0.5, 0.6) is 0 Å². The second-order valence-electron chi connectivity index (χ2n) is 6.64. The zero-order valence-corrected chi connectivity index (χ0v) is 20.1. The summed E-state index contributed by atoms with van der Waals surface area (Å²) in [5.74, 6) is 0.710. The topological polar surface area (TPSA) is 88.4 Å². The van der Waals surface area contributed by atoms with Crippen LogP contribution < -0.4 is 10.6 Å². The zero-order chi connectivity index (χ0) is 20.7. The molecule has 2 N–H and O–H groups in total. The fourth-order valence-electron chi connectivity index (χ4n) is 2.87. The molecule has 1 aromatic heterocycles. The molecule has 1 heterocycles. The van der Waals surface area contributed by atoms with Crippen molar-refractivity contribution >= 4 is 39.8 Å². The number of halogens is 1. The molecule has 0 unspecified atom stereocenters. The molecule has 2 aromatic carbocycles. The van der Waals surface area contributed by atoms with Crippen molar-refractivity contribution in [3.05, 3.63) is 78.1 Å². The molecule has 0 saturated carbocycles. The molecule has 0 amide bonds. The van der Waals surface area contributed by atoms with E-state index in [4.69, 9.17) is 0 Å². The third kappa shape index (κ3) is 6.84. The highest BCUT2D eigenvalue weighted by molar-refractivity contribution is 14.0. The first-order chi connectivity index (χ1) is 14.0. The molecule has 7 nitrogen and oxygen atoms in total. The highest BCUT2D eigenvalue weighted by Gasteiger charge is 2.06. The maximum Gasteiger partial charge on any atom is 0.191 e. The van der Waals surface area contributed by atoms with Crippen molar-refractivity contribution in [1.82, 2.24) is 20.4 Å². The van der Waals surface area contributed by atoms with Gasteiger partial charge in [-0.25, -0.2) is 13.1 Å². The Morgan fingerprint density at radius 1 is 1.07 bits per heavy atom. The zero-order valence-electron chi connectivity index (χ0n) is 16.9. The standard InChI is InChI=1S/C21H25N5O2S.HI/c1-22-21(23-13-11-17-7-9-20(10-8-17)29(2,27)28)24-16-18-5-3-6-19(15-18)26-14-4-12-25-26;/h3-10,12,14-15H,11,13,16H2,1-2H3,(H2,22,23,24);1H. The molecule has 3 aromatic rings. The monoisotopic (exact) mass is 539 g/mol. The van der Waals surface area contributed by atoms with E-state index in [-0.39, 0.29) is 24.0 Å². The van der Waals surface area contributed by atoms with E-state index in [2.05, 4.69) is 32.9 Å². The molecule has 0 bridgehead atoms. The van der Waals surface area contributed by atoms with Crippen LogP contribution >= 0.6 is 24.0 Å². The van der Waals surface area contributed by atoms with Crippen molar-refractivity contribution in [1.29, 1.82) is 0 Å². The highest BCUT2D eigenvalue weighted by atomic mass is 127. The Morgan fingerprint density at radius 2 is 1.83 bits per heavy atom. The van der Waals surface area contributed by atoms with Gasteiger partial charge in [0.25, 0.3) is 0 Å². The molecular formula is C21H26IN5O2S. The van der Waals surface area contributed by atoms with Gasteiger partial charge in [0.15, 0.2) is 15.8 Å². The lowest BCUT2D eigenvalue weighted by Gasteiger charge is -2.13. The van der Waals surface area contributed by atoms with E-state index in [1.165, 1.54) is 6.26 Å². The molecule has 30 heavy (non-hydrogen) atoms. The number of hydrogen-bond donors (Lipinski definition) is 2. The van der Waals surface area contributed by atoms with Gasteiger partial charge in [-0.05, 0) is 47.9 Å². The lowest BCUT2D eigenvalue weighted by atomic mass is 10.1. The molecule has 160 valence electrons. The van der Waals surface area contributed by atoms with Crippen LogP contribution in [0.2, 0.25) is 0 Å². The normalized spacial score (nSPS) is 11.6. The first kappa shape index (κ1) is 23.9. The van der Waals surface area contributed by atoms with Crippen LogP contribution in [0.25, 0.3) is 5.69 Å². The minimum absolute atomic E-state index is 0. The van der Waals surface area contributed by atoms with Crippen LogP contribution in [0.15, 0.2) is 76.9 Å². The number of aliphatic imine (C=N–C) groups is 1. The molecule has 0 aliphatic rings. The molecule has 0 aliphatic carbocycles. The summed E-state index contributed by atoms with van der Waals surface area (Å²) in [6.07, 6.45) is 5.64. The fraction of sp³-hybridized carbons (Fsp3) is 0.238. The van der Waals surface area contributed by atoms with E-state index in [1.54, 1.807) is 25.4 Å². The second-order valence-corrected chi connectivity index (χ2v) is 8.65. The Balaban J connectivity index is 0.00000320. The lowest BCUT2D eigenvalue weighted by molar-refractivity contribution is 0.602. The largest absolute Gasteiger partial charge is 0.356 e. The second kappa shape index (κ2) is 11.1. The molecule has 0 spiro atoms. The van der Waals surface area contributed by atoms with Gasteiger partial charge in [-0.15, -0.1) is 24.0 Å². The number of rotatable bonds is 7. The van der Waals surface area contributed by atoms with Gasteiger partial charge in [0, 0.05) is 38.8 Å². The fourth-order valence-corrected chi connectivity index (χ4v) is 3.50. The minimum atomic E-state index is -3.16. The first-order valence-electron chi connectivity index (χ1n) is 9.28. The number of benzene rings is 2. The average molecular weight is 539 g/mol. The Morgan fingerprint density at radius 3 is 2.47 bits per heavy atom. The van der Waals surface area contributed by atoms with E-state index >= 15 is 0 Å². The lowest BCUT2D eigenvalue weighted by Crippen LogP contribution is -2.37. The number of guanidine groups is 1. The number of hydrogen-bond acceptors (Lipinski definition) is 4. The summed E-state index contributed by atoms with van der Waals surface area (Å²) in [7, 11) is -1.43. The predicted octanol–water partition coefficient (Wildman–Crippen LogP) is 2.80. The van der Waals surface area contributed by atoms with Crippen LogP contribution in [0.4, 0.5) is 0 Å². The van der Waals surface area contributed by atoms with Gasteiger partial charge < -0.3 is 10.6 Å². The van der Waals surface area contributed by atoms with Crippen molar-refractivity contribution in [2.45, 2.75) is 17.9 Å². The number of aromatic nitrogens is 2. The summed E-state index contributed by atoms with van der Waals surface area (Å²) in [6.45, 7) is 1.32. The van der Waals surface area contributed by atoms with Crippen molar-refractivity contribution < 1.29 is 8.42 Å². The van der Waals surface area contributed by atoms with E-state index in [9.17, 15) is 8.42 Å². The van der Waals surface area contributed by atoms with Crippen molar-refractivity contribution in [2.75, 3.05) is 19.8 Å². The van der Waals surface area contributed by atoms with E-state index in [0.29, 0.717) is 23.9 Å². The van der Waals surface area contributed by atoms with E-state index < -0.39 is 9.84 Å². The molecule has 0 aliphatic heterocycles. The third-order valence-electron chi connectivity index (χ3n) is 4.42. The Bertz CT molecular complexity index is 1070. The summed E-state index contributed by atoms with van der Waals surface area (Å²) in [4.78, 5) is 4.59. The molecule has 0 atom stereocenters. The summed E-state index contributed by atoms with van der Waals surface area (Å²) >= 11 is 0. The molecule has 0 radical (unpaired) electrons. The van der Waals surface area contributed by atoms with Crippen LogP contribution in [0.1, 0.15) is 11.1 Å². The maximum atomic E-state index is 11.5. The third-order valence-corrected chi connectivity index (χ3v) is 5.55. The highest BCUT2D eigenvalue weighted by Crippen LogP contribution is 2.11. The number of sulfone groups is 1. The summed E-state index contributed by atoms with van der Waals surface area (Å²) in [5.41, 5.74) is 3.19. The van der Waals surface area contributed by atoms with Gasteiger partial charge in [-0.3, -0.25) is 4.99 Å². The van der Waals surface area contributed by atoms with Crippen molar-refractivity contribution in [2.24, 2.45) is 4.99 Å². The van der Waals surface area contributed by atoms with Crippen LogP contribution in [-0.4, -0.2) is 44.0 Å². The van der Waals surface area contributed by atoms with Crippen molar-refractivity contribution in [3.8, 4) is 5.69 Å². The SMILES string of the molecule is CN=C(NCCc1ccc(S(C)(=O)=O)cc1)NCc1cccc(-n2cccn2)c1.I. The smallest absolute Gasteiger partial charge is 0.191 e. The summed E-state index contributed by atoms with van der Waals surface area (Å²) < 4.78 is 24.9. The maximum absolute atomic E-state index is 11.5. The Hall–Kier alpha value is -2.40. The van der Waals surface area contributed by atoms with Gasteiger partial charge in [0.05, 0.1) is 10.6 Å². The molecule has 0 saturated heterocycles. The minimum Gasteiger partial charge on any atom is -0.356 e. The molecule has 3 rings (SSSR count). The van der Waals surface area contributed by atoms with E-state index in [1.807, 2.05) is 41.2 Å². The van der Waals surface area contributed by atoms with Crippen LogP contribution in [-0.2, 0) is 22.8 Å². The van der Waals surface area contributed by atoms with Gasteiger partial charge in [-0.2, -0.15) is 5.10 Å². The van der Waals surface area contributed by atoms with E-state index in [0.717, 1.165) is 23.2 Å². The van der Waals surface area contributed by atoms with Gasteiger partial charge in [0.2, 0.25) is 0 Å². The summed E-state index contributed by atoms with van der Waals surface area (Å²) in [5, 5.41) is 10.8. The molecular weight excluding hydrogens is 513 g/mol. The number of nitrogens with zero attached hydrogens (tertiary/aromatic N) is 3. The van der Waals surface area contributed by atoms with Crippen LogP contribution in [0.3, 0.4) is 0 Å². The van der Waals surface area contributed by atoms with Gasteiger partial charge >= 0.3 is 0 Å². The average Bonchev–Trinajstić information content (AvgIpc) is 3.25. The van der Waals surface area contributed by atoms with Crippen molar-refractivity contribution in [3.63, 3.8) is 0 Å². The van der Waals surface area contributed by atoms with Gasteiger partial charge in [-0.1, -0.05) is 24.3 Å². The number of nitrogens with one attached hydrogen (secondary N) is 2. The predicted molar refractivity (Wildman–Crippen MR) is 130 cm³/mol. The quantitative estimate of drug-likeness (QED) is 0.274. The molecule has 0 fully saturated rings. The van der Waals surface area contributed by atoms with Crippen LogP contribution in [0, 0.1) is 0 Å². The Kier molecular flexibility index (Phi) is 8.85. The Labute approximate surface area is 194 Å².